The Morgan fingerprint density at radius 2 is 1.67 bits per heavy atom. The van der Waals surface area contributed by atoms with E-state index in [9.17, 15) is 4.79 Å². The predicted octanol–water partition coefficient (Wildman–Crippen LogP) is 1.83. The molecule has 0 fully saturated rings. The number of carboxylic acids is 1. The van der Waals surface area contributed by atoms with Crippen LogP contribution in [0.2, 0.25) is 0 Å². The Hall–Kier alpha value is -0.570. The summed E-state index contributed by atoms with van der Waals surface area (Å²) in [4.78, 5) is 11.9. The van der Waals surface area contributed by atoms with Gasteiger partial charge in [0.25, 0.3) is 0 Å². The molecule has 0 bridgehead atoms. The Bertz CT molecular complexity index is 99.9. The lowest BCUT2D eigenvalue weighted by Gasteiger charge is -1.90. The first kappa shape index (κ1) is 14.0. The van der Waals surface area contributed by atoms with Gasteiger partial charge in [-0.1, -0.05) is 19.8 Å². The van der Waals surface area contributed by atoms with Crippen molar-refractivity contribution < 1.29 is 9.90 Å². The van der Waals surface area contributed by atoms with Crippen molar-refractivity contribution in [3.05, 3.63) is 0 Å². The molecule has 0 aliphatic carbocycles. The number of unbranched alkanes of at least 4 members (excludes halogenated alkanes) is 2. The van der Waals surface area contributed by atoms with Crippen LogP contribution in [0.4, 0.5) is 0 Å². The van der Waals surface area contributed by atoms with Gasteiger partial charge in [0.1, 0.15) is 0 Å². The molecular weight excluding hydrogens is 154 g/mol. The summed E-state index contributed by atoms with van der Waals surface area (Å²) in [5.74, 6) is -0.682. The van der Waals surface area contributed by atoms with Gasteiger partial charge in [0.05, 0.1) is 0 Å². The molecule has 0 aromatic carbocycles. The fraction of sp³-hybridized carbons (Fsp3) is 0.889. The zero-order valence-corrected chi connectivity index (χ0v) is 8.63. The third-order valence-corrected chi connectivity index (χ3v) is 0.994. The van der Waals surface area contributed by atoms with E-state index in [4.69, 9.17) is 5.11 Å². The lowest BCUT2D eigenvalue weighted by Crippen LogP contribution is -1.99. The zero-order valence-electron chi connectivity index (χ0n) is 8.63. The molecule has 0 saturated heterocycles. The molecule has 0 heterocycles. The molecule has 0 unspecified atom stereocenters. The Kier molecular flexibility index (Phi) is 12.2. The highest BCUT2D eigenvalue weighted by Gasteiger charge is 1.92. The van der Waals surface area contributed by atoms with E-state index in [1.54, 1.807) is 0 Å². The molecule has 0 aliphatic heterocycles. The maximum Gasteiger partial charge on any atom is 0.303 e. The molecule has 0 radical (unpaired) electrons. The number of nitrogens with zero attached hydrogens (tertiary/aromatic N) is 1. The van der Waals surface area contributed by atoms with Gasteiger partial charge in [-0.25, -0.2) is 0 Å². The lowest BCUT2D eigenvalue weighted by atomic mass is 10.2. The Morgan fingerprint density at radius 3 is 1.92 bits per heavy atom. The van der Waals surface area contributed by atoms with Crippen molar-refractivity contribution in [2.45, 2.75) is 32.6 Å². The van der Waals surface area contributed by atoms with Gasteiger partial charge in [-0.15, -0.1) is 0 Å². The van der Waals surface area contributed by atoms with E-state index in [-0.39, 0.29) is 0 Å². The molecule has 1 N–H and O–H groups in total. The molecule has 0 spiro atoms. The van der Waals surface area contributed by atoms with Crippen LogP contribution in [-0.4, -0.2) is 37.1 Å². The second-order valence-corrected chi connectivity index (χ2v) is 3.19. The molecule has 0 aromatic heterocycles. The average Bonchev–Trinajstić information content (AvgIpc) is 1.86. The van der Waals surface area contributed by atoms with Crippen molar-refractivity contribution in [3.63, 3.8) is 0 Å². The molecule has 12 heavy (non-hydrogen) atoms. The number of aliphatic carboxylic acids is 1. The second kappa shape index (κ2) is 10.4. The van der Waals surface area contributed by atoms with E-state index in [1.165, 1.54) is 0 Å². The summed E-state index contributed by atoms with van der Waals surface area (Å²) in [6.07, 6.45) is 3.28. The Labute approximate surface area is 75.4 Å². The highest BCUT2D eigenvalue weighted by molar-refractivity contribution is 5.66. The van der Waals surface area contributed by atoms with Crippen molar-refractivity contribution in [1.29, 1.82) is 0 Å². The van der Waals surface area contributed by atoms with Crippen LogP contribution in [0.5, 0.6) is 0 Å². The summed E-state index contributed by atoms with van der Waals surface area (Å²) >= 11 is 0. The van der Waals surface area contributed by atoms with Gasteiger partial charge in [-0.05, 0) is 27.6 Å². The van der Waals surface area contributed by atoms with Crippen LogP contribution < -0.4 is 0 Å². The average molecular weight is 175 g/mol. The van der Waals surface area contributed by atoms with Crippen LogP contribution >= 0.6 is 0 Å². The van der Waals surface area contributed by atoms with Crippen LogP contribution in [0, 0.1) is 0 Å². The first-order valence-electron chi connectivity index (χ1n) is 4.33. The van der Waals surface area contributed by atoms with E-state index in [0.29, 0.717) is 6.42 Å². The summed E-state index contributed by atoms with van der Waals surface area (Å²) in [5, 5.41) is 8.14. The van der Waals surface area contributed by atoms with Gasteiger partial charge in [0.15, 0.2) is 0 Å². The van der Waals surface area contributed by atoms with Crippen molar-refractivity contribution in [2.24, 2.45) is 0 Å². The first-order valence-corrected chi connectivity index (χ1v) is 4.33. The smallest absolute Gasteiger partial charge is 0.303 e. The largest absolute Gasteiger partial charge is 0.481 e. The van der Waals surface area contributed by atoms with Crippen LogP contribution in [0.1, 0.15) is 32.6 Å². The number of carbonyl (C=O) groups is 1. The normalized spacial score (nSPS) is 9.08. The lowest BCUT2D eigenvalue weighted by molar-refractivity contribution is -0.137. The van der Waals surface area contributed by atoms with Crippen molar-refractivity contribution in [1.82, 2.24) is 4.90 Å². The molecule has 0 amide bonds. The molecule has 0 rings (SSSR count). The number of rotatable bonds is 4. The maximum atomic E-state index is 9.87. The van der Waals surface area contributed by atoms with E-state index in [0.717, 1.165) is 19.3 Å². The minimum absolute atomic E-state index is 0.327. The van der Waals surface area contributed by atoms with Crippen molar-refractivity contribution >= 4 is 5.97 Å². The number of hydrogen-bond acceptors (Lipinski definition) is 2. The van der Waals surface area contributed by atoms with Gasteiger partial charge in [0, 0.05) is 6.42 Å². The molecule has 0 atom stereocenters. The van der Waals surface area contributed by atoms with Gasteiger partial charge >= 0.3 is 5.97 Å². The van der Waals surface area contributed by atoms with E-state index < -0.39 is 5.97 Å². The summed E-state index contributed by atoms with van der Waals surface area (Å²) in [7, 11) is 6.00. The minimum atomic E-state index is -0.682. The van der Waals surface area contributed by atoms with Crippen LogP contribution in [0.15, 0.2) is 0 Å². The summed E-state index contributed by atoms with van der Waals surface area (Å²) in [6.45, 7) is 2.06. The number of hydrogen-bond donors (Lipinski definition) is 1. The van der Waals surface area contributed by atoms with Crippen LogP contribution in [0.3, 0.4) is 0 Å². The standard InChI is InChI=1S/C6H12O2.C3H9N/c1-2-3-4-5-6(7)8;1-4(2)3/h2-5H2,1H3,(H,7,8);1-3H3. The predicted molar refractivity (Wildman–Crippen MR) is 51.4 cm³/mol. The fourth-order valence-electron chi connectivity index (χ4n) is 0.526. The van der Waals surface area contributed by atoms with Gasteiger partial charge in [-0.2, -0.15) is 0 Å². The van der Waals surface area contributed by atoms with Crippen molar-refractivity contribution in [3.8, 4) is 0 Å². The topological polar surface area (TPSA) is 40.5 Å². The van der Waals surface area contributed by atoms with E-state index >= 15 is 0 Å². The molecule has 0 aliphatic rings. The highest BCUT2D eigenvalue weighted by Crippen LogP contribution is 1.97. The summed E-state index contributed by atoms with van der Waals surface area (Å²) in [6, 6.07) is 0. The number of carboxylic acid groups (broad SMARTS) is 1. The SMILES string of the molecule is CCCCCC(=O)O.CN(C)C. The zero-order chi connectivity index (χ0) is 9.98. The molecule has 0 saturated carbocycles. The fourth-order valence-corrected chi connectivity index (χ4v) is 0.526. The van der Waals surface area contributed by atoms with Gasteiger partial charge in [0.2, 0.25) is 0 Å². The minimum Gasteiger partial charge on any atom is -0.481 e. The molecular formula is C9H21NO2. The first-order chi connectivity index (χ1) is 5.50. The van der Waals surface area contributed by atoms with Crippen molar-refractivity contribution in [2.75, 3.05) is 21.1 Å². The van der Waals surface area contributed by atoms with E-state index in [1.807, 2.05) is 26.0 Å². The third kappa shape index (κ3) is 34.1. The Morgan fingerprint density at radius 1 is 1.25 bits per heavy atom. The van der Waals surface area contributed by atoms with E-state index in [2.05, 4.69) is 6.92 Å². The van der Waals surface area contributed by atoms with Crippen LogP contribution in [0.25, 0.3) is 0 Å². The quantitative estimate of drug-likeness (QED) is 0.663. The van der Waals surface area contributed by atoms with Crippen LogP contribution in [-0.2, 0) is 4.79 Å². The monoisotopic (exact) mass is 175 g/mol. The molecule has 3 nitrogen and oxygen atoms in total. The third-order valence-electron chi connectivity index (χ3n) is 0.994. The molecule has 3 heteroatoms. The highest BCUT2D eigenvalue weighted by atomic mass is 16.4. The molecule has 0 aromatic rings. The molecule has 74 valence electrons. The maximum absolute atomic E-state index is 9.87. The Balaban J connectivity index is 0. The van der Waals surface area contributed by atoms with Gasteiger partial charge in [-0.3, -0.25) is 4.79 Å². The second-order valence-electron chi connectivity index (χ2n) is 3.19. The summed E-state index contributed by atoms with van der Waals surface area (Å²) < 4.78 is 0. The summed E-state index contributed by atoms with van der Waals surface area (Å²) in [5.41, 5.74) is 0. The van der Waals surface area contributed by atoms with Gasteiger partial charge < -0.3 is 10.0 Å².